The molecule has 0 aliphatic rings. The summed E-state index contributed by atoms with van der Waals surface area (Å²) in [5.74, 6) is -0.0242. The summed E-state index contributed by atoms with van der Waals surface area (Å²) in [4.78, 5) is 12.3. The average Bonchev–Trinajstić information content (AvgIpc) is 2.42. The van der Waals surface area contributed by atoms with Crippen molar-refractivity contribution in [1.29, 1.82) is 0 Å². The van der Waals surface area contributed by atoms with Crippen molar-refractivity contribution < 1.29 is 4.79 Å². The van der Waals surface area contributed by atoms with E-state index < -0.39 is 0 Å². The minimum Gasteiger partial charge on any atom is -0.346 e. The van der Waals surface area contributed by atoms with Crippen LogP contribution in [0.2, 0.25) is 0 Å². The van der Waals surface area contributed by atoms with Gasteiger partial charge >= 0.3 is 0 Å². The summed E-state index contributed by atoms with van der Waals surface area (Å²) in [6.45, 7) is 8.15. The number of aryl methyl sites for hydroxylation is 3. The topological polar surface area (TPSA) is 29.1 Å². The van der Waals surface area contributed by atoms with E-state index in [1.54, 1.807) is 0 Å². The third-order valence-corrected chi connectivity index (χ3v) is 3.77. The van der Waals surface area contributed by atoms with Crippen molar-refractivity contribution in [2.45, 2.75) is 33.7 Å². The zero-order chi connectivity index (χ0) is 14.7. The van der Waals surface area contributed by atoms with Crippen LogP contribution in [-0.2, 0) is 0 Å². The van der Waals surface area contributed by atoms with E-state index in [1.165, 1.54) is 11.1 Å². The van der Waals surface area contributed by atoms with Crippen molar-refractivity contribution in [3.05, 3.63) is 70.3 Å². The minimum atomic E-state index is -0.0242. The molecule has 2 aromatic carbocycles. The molecule has 1 atom stereocenters. The lowest BCUT2D eigenvalue weighted by atomic mass is 10.0. The first-order valence-electron chi connectivity index (χ1n) is 6.92. The van der Waals surface area contributed by atoms with Crippen molar-refractivity contribution in [3.63, 3.8) is 0 Å². The van der Waals surface area contributed by atoms with Gasteiger partial charge in [-0.3, -0.25) is 4.79 Å². The number of nitrogens with one attached hydrogen (secondary N) is 1. The smallest absolute Gasteiger partial charge is 0.251 e. The summed E-state index contributed by atoms with van der Waals surface area (Å²) in [6.07, 6.45) is 0. The average molecular weight is 267 g/mol. The van der Waals surface area contributed by atoms with E-state index in [-0.39, 0.29) is 11.9 Å². The first-order chi connectivity index (χ1) is 9.49. The maximum absolute atomic E-state index is 12.3. The van der Waals surface area contributed by atoms with Crippen molar-refractivity contribution in [2.24, 2.45) is 0 Å². The van der Waals surface area contributed by atoms with E-state index >= 15 is 0 Å². The quantitative estimate of drug-likeness (QED) is 0.891. The number of hydrogen-bond donors (Lipinski definition) is 1. The number of rotatable bonds is 3. The van der Waals surface area contributed by atoms with E-state index in [2.05, 4.69) is 24.4 Å². The van der Waals surface area contributed by atoms with Crippen LogP contribution < -0.4 is 5.32 Å². The summed E-state index contributed by atoms with van der Waals surface area (Å²) < 4.78 is 0. The van der Waals surface area contributed by atoms with Crippen molar-refractivity contribution in [2.75, 3.05) is 0 Å². The maximum atomic E-state index is 12.3. The van der Waals surface area contributed by atoms with Gasteiger partial charge in [-0.25, -0.2) is 0 Å². The number of benzene rings is 2. The lowest BCUT2D eigenvalue weighted by Crippen LogP contribution is -2.27. The lowest BCUT2D eigenvalue weighted by Gasteiger charge is -2.17. The Hall–Kier alpha value is -2.09. The second kappa shape index (κ2) is 5.91. The van der Waals surface area contributed by atoms with Gasteiger partial charge in [0.15, 0.2) is 0 Å². The second-order valence-electron chi connectivity index (χ2n) is 5.35. The Labute approximate surface area is 120 Å². The van der Waals surface area contributed by atoms with Crippen molar-refractivity contribution >= 4 is 5.91 Å². The van der Waals surface area contributed by atoms with E-state index in [0.717, 1.165) is 11.1 Å². The molecule has 2 rings (SSSR count). The molecule has 0 saturated carbocycles. The Morgan fingerprint density at radius 3 is 2.30 bits per heavy atom. The second-order valence-corrected chi connectivity index (χ2v) is 5.35. The molecule has 1 amide bonds. The molecule has 0 unspecified atom stereocenters. The number of carbonyl (C=O) groups excluding carboxylic acids is 1. The molecule has 0 aliphatic heterocycles. The Morgan fingerprint density at radius 2 is 1.65 bits per heavy atom. The summed E-state index contributed by atoms with van der Waals surface area (Å²) in [5, 5.41) is 3.06. The van der Waals surface area contributed by atoms with Gasteiger partial charge in [0.2, 0.25) is 0 Å². The molecule has 0 saturated heterocycles. The zero-order valence-electron chi connectivity index (χ0n) is 12.5. The molecule has 0 aliphatic carbocycles. The van der Waals surface area contributed by atoms with E-state index in [9.17, 15) is 4.79 Å². The molecule has 20 heavy (non-hydrogen) atoms. The summed E-state index contributed by atoms with van der Waals surface area (Å²) in [6, 6.07) is 13.9. The zero-order valence-corrected chi connectivity index (χ0v) is 12.5. The van der Waals surface area contributed by atoms with Crippen LogP contribution >= 0.6 is 0 Å². The third-order valence-electron chi connectivity index (χ3n) is 3.77. The van der Waals surface area contributed by atoms with Crippen molar-refractivity contribution in [3.8, 4) is 0 Å². The molecule has 0 fully saturated rings. The first kappa shape index (κ1) is 14.3. The predicted octanol–water partition coefficient (Wildman–Crippen LogP) is 4.10. The SMILES string of the molecule is Cc1ccc(C(=O)N[C@@H](C)c2ccccc2C)cc1C. The van der Waals surface area contributed by atoms with E-state index in [0.29, 0.717) is 5.56 Å². The number of amides is 1. The van der Waals surface area contributed by atoms with Crippen LogP contribution in [0.4, 0.5) is 0 Å². The molecular weight excluding hydrogens is 246 g/mol. The minimum absolute atomic E-state index is 0.00492. The Kier molecular flexibility index (Phi) is 4.23. The first-order valence-corrected chi connectivity index (χ1v) is 6.92. The van der Waals surface area contributed by atoms with Gasteiger partial charge in [0.05, 0.1) is 6.04 Å². The Morgan fingerprint density at radius 1 is 0.950 bits per heavy atom. The lowest BCUT2D eigenvalue weighted by molar-refractivity contribution is 0.0939. The summed E-state index contributed by atoms with van der Waals surface area (Å²) >= 11 is 0. The summed E-state index contributed by atoms with van der Waals surface area (Å²) in [7, 11) is 0. The molecule has 0 heterocycles. The highest BCUT2D eigenvalue weighted by Crippen LogP contribution is 2.18. The van der Waals surface area contributed by atoms with Gasteiger partial charge < -0.3 is 5.32 Å². The van der Waals surface area contributed by atoms with Gasteiger partial charge in [0.1, 0.15) is 0 Å². The number of hydrogen-bond acceptors (Lipinski definition) is 1. The van der Waals surface area contributed by atoms with Crippen LogP contribution in [0.5, 0.6) is 0 Å². The van der Waals surface area contributed by atoms with Crippen LogP contribution in [0.1, 0.15) is 45.6 Å². The normalized spacial score (nSPS) is 12.0. The highest BCUT2D eigenvalue weighted by Gasteiger charge is 2.13. The van der Waals surface area contributed by atoms with Gasteiger partial charge in [0, 0.05) is 5.56 Å². The Balaban J connectivity index is 2.15. The monoisotopic (exact) mass is 267 g/mol. The molecular formula is C18H21NO. The van der Waals surface area contributed by atoms with Crippen LogP contribution in [0, 0.1) is 20.8 Å². The Bertz CT molecular complexity index is 631. The molecule has 2 aromatic rings. The molecule has 2 nitrogen and oxygen atoms in total. The summed E-state index contributed by atoms with van der Waals surface area (Å²) in [5.41, 5.74) is 5.41. The van der Waals surface area contributed by atoms with Crippen LogP contribution in [0.15, 0.2) is 42.5 Å². The van der Waals surface area contributed by atoms with E-state index in [4.69, 9.17) is 0 Å². The highest BCUT2D eigenvalue weighted by molar-refractivity contribution is 5.94. The van der Waals surface area contributed by atoms with Crippen LogP contribution in [0.3, 0.4) is 0 Å². The standard InChI is InChI=1S/C18H21NO/c1-12-9-10-16(11-14(12)3)18(20)19-15(4)17-8-6-5-7-13(17)2/h5-11,15H,1-4H3,(H,19,20)/t15-/m0/s1. The highest BCUT2D eigenvalue weighted by atomic mass is 16.1. The fraction of sp³-hybridized carbons (Fsp3) is 0.278. The third kappa shape index (κ3) is 3.08. The molecule has 1 N–H and O–H groups in total. The van der Waals surface area contributed by atoms with Gasteiger partial charge in [-0.15, -0.1) is 0 Å². The molecule has 2 heteroatoms. The molecule has 104 valence electrons. The van der Waals surface area contributed by atoms with Gasteiger partial charge in [-0.1, -0.05) is 30.3 Å². The molecule has 0 bridgehead atoms. The molecule has 0 aromatic heterocycles. The largest absolute Gasteiger partial charge is 0.346 e. The fourth-order valence-corrected chi connectivity index (χ4v) is 2.31. The van der Waals surface area contributed by atoms with Gasteiger partial charge in [-0.2, -0.15) is 0 Å². The van der Waals surface area contributed by atoms with Gasteiger partial charge in [-0.05, 0) is 62.1 Å². The predicted molar refractivity (Wildman–Crippen MR) is 83.0 cm³/mol. The fourth-order valence-electron chi connectivity index (χ4n) is 2.31. The van der Waals surface area contributed by atoms with Crippen LogP contribution in [-0.4, -0.2) is 5.91 Å². The molecule has 0 spiro atoms. The van der Waals surface area contributed by atoms with Crippen LogP contribution in [0.25, 0.3) is 0 Å². The van der Waals surface area contributed by atoms with Crippen molar-refractivity contribution in [1.82, 2.24) is 5.32 Å². The number of carbonyl (C=O) groups is 1. The maximum Gasteiger partial charge on any atom is 0.251 e. The van der Waals surface area contributed by atoms with E-state index in [1.807, 2.05) is 51.1 Å². The molecule has 0 radical (unpaired) electrons. The van der Waals surface area contributed by atoms with Gasteiger partial charge in [0.25, 0.3) is 5.91 Å².